The van der Waals surface area contributed by atoms with Gasteiger partial charge in [0.1, 0.15) is 0 Å². The fraction of sp³-hybridized carbons (Fsp3) is 0. The molecule has 7 aromatic carbocycles. The molecule has 258 valence electrons. The molecule has 0 aliphatic heterocycles. The molecule has 5 nitrogen and oxygen atoms in total. The van der Waals surface area contributed by atoms with E-state index in [0.29, 0.717) is 17.5 Å². The van der Waals surface area contributed by atoms with Crippen molar-refractivity contribution in [2.45, 2.75) is 0 Å². The lowest BCUT2D eigenvalue weighted by molar-refractivity contribution is 1.06. The molecule has 0 aliphatic rings. The van der Waals surface area contributed by atoms with Gasteiger partial charge in [0.15, 0.2) is 17.5 Å². The average molecular weight is 704 g/mol. The van der Waals surface area contributed by atoms with Crippen molar-refractivity contribution in [1.29, 1.82) is 0 Å². The third kappa shape index (κ3) is 6.04. The molecule has 0 fully saturated rings. The molecule has 0 saturated carbocycles. The van der Waals surface area contributed by atoms with Gasteiger partial charge >= 0.3 is 0 Å². The molecule has 0 bridgehead atoms. The first kappa shape index (κ1) is 32.2. The number of pyridine rings is 1. The molecule has 3 aromatic heterocycles. The second kappa shape index (κ2) is 13.8. The number of rotatable bonds is 7. The van der Waals surface area contributed by atoms with Crippen LogP contribution in [-0.2, 0) is 0 Å². The van der Waals surface area contributed by atoms with Crippen molar-refractivity contribution in [2.75, 3.05) is 0 Å². The monoisotopic (exact) mass is 703 g/mol. The Bertz CT molecular complexity index is 2790. The molecule has 0 atom stereocenters. The van der Waals surface area contributed by atoms with Crippen LogP contribution in [0, 0.1) is 0 Å². The average Bonchev–Trinajstić information content (AvgIpc) is 3.60. The van der Waals surface area contributed by atoms with Crippen molar-refractivity contribution in [2.24, 2.45) is 0 Å². The van der Waals surface area contributed by atoms with Crippen LogP contribution in [0.3, 0.4) is 0 Å². The van der Waals surface area contributed by atoms with Crippen LogP contribution in [-0.4, -0.2) is 24.5 Å². The van der Waals surface area contributed by atoms with Gasteiger partial charge in [-0.2, -0.15) is 0 Å². The molecular weight excluding hydrogens is 671 g/mol. The molecule has 0 N–H and O–H groups in total. The van der Waals surface area contributed by atoms with E-state index >= 15 is 0 Å². The third-order valence-electron chi connectivity index (χ3n) is 10.1. The molecule has 0 spiro atoms. The van der Waals surface area contributed by atoms with E-state index in [1.54, 1.807) is 0 Å². The van der Waals surface area contributed by atoms with E-state index in [1.807, 2.05) is 85.1 Å². The molecule has 5 heteroatoms. The van der Waals surface area contributed by atoms with E-state index in [-0.39, 0.29) is 0 Å². The maximum absolute atomic E-state index is 5.19. The van der Waals surface area contributed by atoms with E-state index in [4.69, 9.17) is 19.9 Å². The Morgan fingerprint density at radius 1 is 0.327 bits per heavy atom. The van der Waals surface area contributed by atoms with Gasteiger partial charge in [-0.25, -0.2) is 15.0 Å². The molecule has 10 aromatic rings. The first-order valence-corrected chi connectivity index (χ1v) is 18.4. The van der Waals surface area contributed by atoms with Crippen LogP contribution in [0.25, 0.3) is 95.2 Å². The fourth-order valence-electron chi connectivity index (χ4n) is 7.43. The van der Waals surface area contributed by atoms with Crippen molar-refractivity contribution in [3.8, 4) is 73.4 Å². The van der Waals surface area contributed by atoms with Crippen LogP contribution >= 0.6 is 0 Å². The minimum absolute atomic E-state index is 0.590. The Balaban J connectivity index is 1.28. The summed E-state index contributed by atoms with van der Waals surface area (Å²) in [6.07, 6.45) is 1.84. The maximum atomic E-state index is 5.19. The van der Waals surface area contributed by atoms with E-state index in [1.165, 1.54) is 11.1 Å². The molecule has 0 aliphatic carbocycles. The van der Waals surface area contributed by atoms with Crippen molar-refractivity contribution >= 4 is 21.8 Å². The zero-order valence-electron chi connectivity index (χ0n) is 29.8. The Hall–Kier alpha value is -7.50. The minimum Gasteiger partial charge on any atom is -0.308 e. The molecule has 0 saturated heterocycles. The highest BCUT2D eigenvalue weighted by Gasteiger charge is 2.21. The van der Waals surface area contributed by atoms with Gasteiger partial charge in [-0.05, 0) is 70.8 Å². The first-order chi connectivity index (χ1) is 27.3. The third-order valence-corrected chi connectivity index (χ3v) is 10.1. The lowest BCUT2D eigenvalue weighted by Crippen LogP contribution is -2.04. The Labute approximate surface area is 318 Å². The molecule has 55 heavy (non-hydrogen) atoms. The highest BCUT2D eigenvalue weighted by Crippen LogP contribution is 2.40. The zero-order valence-corrected chi connectivity index (χ0v) is 29.8. The topological polar surface area (TPSA) is 56.5 Å². The van der Waals surface area contributed by atoms with Gasteiger partial charge in [-0.15, -0.1) is 0 Å². The molecule has 10 rings (SSSR count). The minimum atomic E-state index is 0.590. The van der Waals surface area contributed by atoms with Crippen molar-refractivity contribution in [3.05, 3.63) is 200 Å². The second-order valence-electron chi connectivity index (χ2n) is 13.5. The highest BCUT2D eigenvalue weighted by molar-refractivity contribution is 6.12. The normalized spacial score (nSPS) is 11.3. The predicted octanol–water partition coefficient (Wildman–Crippen LogP) is 12.4. The lowest BCUT2D eigenvalue weighted by atomic mass is 10.0. The number of nitrogens with zero attached hydrogens (tertiary/aromatic N) is 5. The standard InChI is InChI=1S/C50H33N5/c1-5-15-34(16-6-1)38-25-28-45-42(31-38)43-32-39(35-17-7-2-8-18-35)26-29-46(43)55(45)47-33-40(44-23-13-14-30-51-44)24-27-41(47)50-53-48(36-19-9-3-10-20-36)52-49(54-50)37-21-11-4-12-22-37/h1-33H. The quantitative estimate of drug-likeness (QED) is 0.166. The van der Waals surface area contributed by atoms with Crippen LogP contribution < -0.4 is 0 Å². The summed E-state index contributed by atoms with van der Waals surface area (Å²) in [6.45, 7) is 0. The van der Waals surface area contributed by atoms with Gasteiger partial charge in [0, 0.05) is 39.2 Å². The summed E-state index contributed by atoms with van der Waals surface area (Å²) in [5.41, 5.74) is 12.4. The summed E-state index contributed by atoms with van der Waals surface area (Å²) >= 11 is 0. The molecule has 3 heterocycles. The van der Waals surface area contributed by atoms with Gasteiger partial charge in [-0.3, -0.25) is 4.98 Å². The summed E-state index contributed by atoms with van der Waals surface area (Å²) in [6, 6.07) is 67.5. The van der Waals surface area contributed by atoms with Crippen LogP contribution in [0.2, 0.25) is 0 Å². The van der Waals surface area contributed by atoms with E-state index < -0.39 is 0 Å². The van der Waals surface area contributed by atoms with E-state index in [9.17, 15) is 0 Å². The number of aromatic nitrogens is 5. The summed E-state index contributed by atoms with van der Waals surface area (Å²) in [5, 5.41) is 2.32. The fourth-order valence-corrected chi connectivity index (χ4v) is 7.43. The van der Waals surface area contributed by atoms with E-state index in [0.717, 1.165) is 66.6 Å². The van der Waals surface area contributed by atoms with Crippen molar-refractivity contribution in [1.82, 2.24) is 24.5 Å². The largest absolute Gasteiger partial charge is 0.308 e. The Morgan fingerprint density at radius 2 is 0.782 bits per heavy atom. The molecule has 0 amide bonds. The molecule has 0 unspecified atom stereocenters. The molecule has 0 radical (unpaired) electrons. The Kier molecular flexibility index (Phi) is 8.08. The highest BCUT2D eigenvalue weighted by atomic mass is 15.1. The SMILES string of the molecule is c1ccc(-c2ccc3c(c2)c2cc(-c4ccccc4)ccc2n3-c2cc(-c3ccccn3)ccc2-c2nc(-c3ccccc3)nc(-c3ccccc3)n2)cc1. The number of benzene rings is 7. The van der Waals surface area contributed by atoms with Crippen LogP contribution in [0.15, 0.2) is 200 Å². The number of hydrogen-bond acceptors (Lipinski definition) is 4. The maximum Gasteiger partial charge on any atom is 0.166 e. The summed E-state index contributed by atoms with van der Waals surface area (Å²) < 4.78 is 2.37. The van der Waals surface area contributed by atoms with Crippen LogP contribution in [0.1, 0.15) is 0 Å². The van der Waals surface area contributed by atoms with Gasteiger partial charge in [0.05, 0.1) is 22.4 Å². The smallest absolute Gasteiger partial charge is 0.166 e. The zero-order chi connectivity index (χ0) is 36.6. The number of hydrogen-bond donors (Lipinski definition) is 0. The van der Waals surface area contributed by atoms with Gasteiger partial charge < -0.3 is 4.57 Å². The second-order valence-corrected chi connectivity index (χ2v) is 13.5. The van der Waals surface area contributed by atoms with Gasteiger partial charge in [-0.1, -0.05) is 146 Å². The summed E-state index contributed by atoms with van der Waals surface area (Å²) in [7, 11) is 0. The summed E-state index contributed by atoms with van der Waals surface area (Å²) in [4.78, 5) is 20.1. The molecular formula is C50H33N5. The van der Waals surface area contributed by atoms with E-state index in [2.05, 4.69) is 120 Å². The first-order valence-electron chi connectivity index (χ1n) is 18.4. The predicted molar refractivity (Wildman–Crippen MR) is 225 cm³/mol. The van der Waals surface area contributed by atoms with Gasteiger partial charge in [0.25, 0.3) is 0 Å². The van der Waals surface area contributed by atoms with Gasteiger partial charge in [0.2, 0.25) is 0 Å². The van der Waals surface area contributed by atoms with Crippen molar-refractivity contribution in [3.63, 3.8) is 0 Å². The van der Waals surface area contributed by atoms with Crippen LogP contribution in [0.5, 0.6) is 0 Å². The number of fused-ring (bicyclic) bond motifs is 3. The summed E-state index contributed by atoms with van der Waals surface area (Å²) in [5.74, 6) is 1.82. The lowest BCUT2D eigenvalue weighted by Gasteiger charge is -2.16. The van der Waals surface area contributed by atoms with Crippen LogP contribution in [0.4, 0.5) is 0 Å². The Morgan fingerprint density at radius 3 is 1.27 bits per heavy atom. The van der Waals surface area contributed by atoms with Crippen molar-refractivity contribution < 1.29 is 0 Å².